The second-order valence-corrected chi connectivity index (χ2v) is 8.94. The average molecular weight is 416 g/mol. The smallest absolute Gasteiger partial charge is 0.410 e. The van der Waals surface area contributed by atoms with Crippen molar-refractivity contribution in [2.24, 2.45) is 0 Å². The molecule has 0 aromatic carbocycles. The third-order valence-electron chi connectivity index (χ3n) is 3.38. The molecular weight excluding hydrogens is 398 g/mol. The van der Waals surface area contributed by atoms with Gasteiger partial charge in [-0.15, -0.1) is 22.7 Å². The van der Waals surface area contributed by atoms with Gasteiger partial charge >= 0.3 is 6.09 Å². The molecule has 3 heterocycles. The maximum absolute atomic E-state index is 12.4. The highest BCUT2D eigenvalue weighted by Crippen LogP contribution is 2.37. The van der Waals surface area contributed by atoms with E-state index in [1.165, 1.54) is 0 Å². The summed E-state index contributed by atoms with van der Waals surface area (Å²) in [6, 6.07) is 0.00648. The molecule has 2 aromatic rings. The maximum Gasteiger partial charge on any atom is 0.410 e. The first-order chi connectivity index (χ1) is 10.8. The zero-order chi connectivity index (χ0) is 16.6. The average Bonchev–Trinajstić information content (AvgIpc) is 3.15. The van der Waals surface area contributed by atoms with Crippen molar-refractivity contribution in [1.82, 2.24) is 14.9 Å². The van der Waals surface area contributed by atoms with Crippen LogP contribution >= 0.6 is 38.6 Å². The van der Waals surface area contributed by atoms with Crippen molar-refractivity contribution in [3.8, 4) is 10.7 Å². The number of carbonyl (C=O) groups is 1. The molecule has 0 spiro atoms. The Morgan fingerprint density at radius 1 is 1.35 bits per heavy atom. The lowest BCUT2D eigenvalue weighted by Gasteiger charge is -2.27. The normalized spacial score (nSPS) is 18.4. The van der Waals surface area contributed by atoms with Gasteiger partial charge < -0.3 is 4.74 Å². The van der Waals surface area contributed by atoms with Crippen molar-refractivity contribution < 1.29 is 9.53 Å². The van der Waals surface area contributed by atoms with E-state index in [0.29, 0.717) is 0 Å². The second-order valence-electron chi connectivity index (χ2n) is 6.38. The molecule has 2 aromatic heterocycles. The molecule has 5 nitrogen and oxygen atoms in total. The minimum atomic E-state index is -0.481. The summed E-state index contributed by atoms with van der Waals surface area (Å²) in [5.74, 6) is 0. The number of aromatic nitrogens is 2. The number of likely N-dealkylation sites (tertiary alicyclic amines) is 1. The highest BCUT2D eigenvalue weighted by atomic mass is 79.9. The van der Waals surface area contributed by atoms with E-state index in [4.69, 9.17) is 9.72 Å². The van der Waals surface area contributed by atoms with Crippen LogP contribution in [0.3, 0.4) is 0 Å². The largest absolute Gasteiger partial charge is 0.444 e. The fraction of sp³-hybridized carbons (Fsp3) is 0.533. The Balaban J connectivity index is 1.78. The molecule has 0 radical (unpaired) electrons. The van der Waals surface area contributed by atoms with E-state index in [9.17, 15) is 4.79 Å². The van der Waals surface area contributed by atoms with Gasteiger partial charge in [-0.1, -0.05) is 0 Å². The van der Waals surface area contributed by atoms with E-state index in [1.54, 1.807) is 27.6 Å². The molecule has 1 aliphatic rings. The number of amides is 1. The summed E-state index contributed by atoms with van der Waals surface area (Å²) < 4.78 is 6.34. The Labute approximate surface area is 151 Å². The van der Waals surface area contributed by atoms with Gasteiger partial charge in [0.25, 0.3) is 0 Å². The van der Waals surface area contributed by atoms with Crippen molar-refractivity contribution in [3.63, 3.8) is 0 Å². The molecule has 0 bridgehead atoms. The number of halogens is 1. The monoisotopic (exact) mass is 415 g/mol. The highest BCUT2D eigenvalue weighted by Gasteiger charge is 2.35. The Bertz CT molecular complexity index is 708. The number of hydrogen-bond acceptors (Lipinski definition) is 6. The van der Waals surface area contributed by atoms with Crippen molar-refractivity contribution in [2.45, 2.75) is 45.3 Å². The Morgan fingerprint density at radius 3 is 2.78 bits per heavy atom. The third-order valence-corrected chi connectivity index (χ3v) is 5.90. The van der Waals surface area contributed by atoms with E-state index in [0.717, 1.165) is 39.7 Å². The zero-order valence-electron chi connectivity index (χ0n) is 13.2. The van der Waals surface area contributed by atoms with E-state index in [2.05, 4.69) is 20.9 Å². The van der Waals surface area contributed by atoms with Crippen LogP contribution < -0.4 is 0 Å². The van der Waals surface area contributed by atoms with Gasteiger partial charge in [-0.2, -0.15) is 0 Å². The van der Waals surface area contributed by atoms with Crippen molar-refractivity contribution in [3.05, 3.63) is 20.4 Å². The van der Waals surface area contributed by atoms with Crippen LogP contribution in [-0.2, 0) is 4.74 Å². The van der Waals surface area contributed by atoms with E-state index in [1.807, 2.05) is 31.5 Å². The van der Waals surface area contributed by atoms with Crippen LogP contribution in [0.2, 0.25) is 0 Å². The minimum absolute atomic E-state index is 0.00648. The predicted octanol–water partition coefficient (Wildman–Crippen LogP) is 5.10. The number of rotatable bonds is 2. The van der Waals surface area contributed by atoms with Gasteiger partial charge in [-0.3, -0.25) is 4.90 Å². The summed E-state index contributed by atoms with van der Waals surface area (Å²) in [6.07, 6.45) is 1.64. The molecule has 0 saturated carbocycles. The number of hydrogen-bond donors (Lipinski definition) is 0. The Kier molecular flexibility index (Phi) is 4.75. The molecule has 0 unspecified atom stereocenters. The molecule has 3 rings (SSSR count). The van der Waals surface area contributed by atoms with Crippen LogP contribution in [0.1, 0.15) is 44.7 Å². The van der Waals surface area contributed by atoms with Crippen LogP contribution in [-0.4, -0.2) is 33.1 Å². The van der Waals surface area contributed by atoms with Gasteiger partial charge in [0.1, 0.15) is 25.9 Å². The number of carbonyl (C=O) groups excluding carboxylic acids is 1. The Hall–Kier alpha value is -0.990. The van der Waals surface area contributed by atoms with Crippen LogP contribution in [0.5, 0.6) is 0 Å². The van der Waals surface area contributed by atoms with Crippen molar-refractivity contribution in [2.75, 3.05) is 6.54 Å². The Morgan fingerprint density at radius 2 is 2.13 bits per heavy atom. The van der Waals surface area contributed by atoms with Gasteiger partial charge in [0.05, 0.1) is 6.04 Å². The molecule has 1 saturated heterocycles. The first-order valence-electron chi connectivity index (χ1n) is 7.40. The van der Waals surface area contributed by atoms with Gasteiger partial charge in [0.2, 0.25) is 0 Å². The highest BCUT2D eigenvalue weighted by molar-refractivity contribution is 9.10. The van der Waals surface area contributed by atoms with Crippen molar-refractivity contribution >= 4 is 44.7 Å². The van der Waals surface area contributed by atoms with E-state index in [-0.39, 0.29) is 12.1 Å². The summed E-state index contributed by atoms with van der Waals surface area (Å²) in [7, 11) is 0. The maximum atomic E-state index is 12.4. The lowest BCUT2D eigenvalue weighted by Crippen LogP contribution is -2.36. The second kappa shape index (κ2) is 6.49. The van der Waals surface area contributed by atoms with E-state index < -0.39 is 5.60 Å². The molecule has 1 amide bonds. The quantitative estimate of drug-likeness (QED) is 0.684. The number of thiazole rings is 2. The molecule has 124 valence electrons. The zero-order valence-corrected chi connectivity index (χ0v) is 16.4. The summed E-state index contributed by atoms with van der Waals surface area (Å²) in [5, 5.41) is 5.79. The van der Waals surface area contributed by atoms with Crippen LogP contribution in [0.4, 0.5) is 4.79 Å². The molecule has 23 heavy (non-hydrogen) atoms. The molecule has 0 N–H and O–H groups in total. The van der Waals surface area contributed by atoms with Gasteiger partial charge in [0, 0.05) is 17.3 Å². The molecule has 1 aliphatic heterocycles. The van der Waals surface area contributed by atoms with Crippen LogP contribution in [0.25, 0.3) is 10.7 Å². The summed E-state index contributed by atoms with van der Waals surface area (Å²) in [5.41, 5.74) is 0.391. The fourth-order valence-electron chi connectivity index (χ4n) is 2.47. The van der Waals surface area contributed by atoms with Crippen LogP contribution in [0.15, 0.2) is 15.4 Å². The summed E-state index contributed by atoms with van der Waals surface area (Å²) in [4.78, 5) is 23.3. The molecular formula is C15H18BrN3O2S2. The summed E-state index contributed by atoms with van der Waals surface area (Å²) in [6.45, 7) is 6.38. The van der Waals surface area contributed by atoms with E-state index >= 15 is 0 Å². The van der Waals surface area contributed by atoms with Crippen LogP contribution in [0, 0.1) is 0 Å². The van der Waals surface area contributed by atoms with Crippen molar-refractivity contribution in [1.29, 1.82) is 0 Å². The summed E-state index contributed by atoms with van der Waals surface area (Å²) >= 11 is 6.50. The minimum Gasteiger partial charge on any atom is -0.444 e. The molecule has 8 heteroatoms. The number of nitrogens with zero attached hydrogens (tertiary/aromatic N) is 3. The molecule has 1 fully saturated rings. The third kappa shape index (κ3) is 3.92. The van der Waals surface area contributed by atoms with Gasteiger partial charge in [-0.25, -0.2) is 14.8 Å². The van der Waals surface area contributed by atoms with Gasteiger partial charge in [-0.05, 0) is 49.5 Å². The molecule has 0 aliphatic carbocycles. The number of ether oxygens (including phenoxy) is 1. The standard InChI is InChI=1S/C15H18BrN3O2S2/c1-15(2,3)21-14(20)19-6-4-5-10(19)13-17-9(7-22-13)12-18-11(16)8-23-12/h7-8,10H,4-6H2,1-3H3/t10-/m0/s1. The molecule has 1 atom stereocenters. The lowest BCUT2D eigenvalue weighted by molar-refractivity contribution is 0.0224. The first kappa shape index (κ1) is 16.9. The predicted molar refractivity (Wildman–Crippen MR) is 95.8 cm³/mol. The fourth-order valence-corrected chi connectivity index (χ4v) is 4.71. The van der Waals surface area contributed by atoms with Gasteiger partial charge in [0.15, 0.2) is 0 Å². The first-order valence-corrected chi connectivity index (χ1v) is 9.95. The SMILES string of the molecule is CC(C)(C)OC(=O)N1CCC[C@H]1c1nc(-c2nc(Br)cs2)cs1. The lowest BCUT2D eigenvalue weighted by atomic mass is 10.2. The topological polar surface area (TPSA) is 55.3 Å².